The van der Waals surface area contributed by atoms with Crippen LogP contribution in [0.15, 0.2) is 54.6 Å². The Morgan fingerprint density at radius 2 is 1.83 bits per heavy atom. The molecule has 1 N–H and O–H groups in total. The minimum atomic E-state index is 0.458. The highest BCUT2D eigenvalue weighted by Gasteiger charge is 2.28. The first-order valence-corrected chi connectivity index (χ1v) is 8.87. The molecule has 2 heteroatoms. The normalized spacial score (nSPS) is 20.6. The highest BCUT2D eigenvalue weighted by molar-refractivity contribution is 5.30. The lowest BCUT2D eigenvalue weighted by Gasteiger charge is -2.20. The van der Waals surface area contributed by atoms with Crippen LogP contribution < -0.4 is 10.1 Å². The first-order chi connectivity index (χ1) is 11.4. The molecule has 2 atom stereocenters. The second-order valence-corrected chi connectivity index (χ2v) is 6.44. The zero-order chi connectivity index (χ0) is 15.9. The van der Waals surface area contributed by atoms with Crippen molar-refractivity contribution >= 4 is 0 Å². The van der Waals surface area contributed by atoms with E-state index in [1.165, 1.54) is 24.0 Å². The second-order valence-electron chi connectivity index (χ2n) is 6.44. The number of hydrogen-bond donors (Lipinski definition) is 1. The quantitative estimate of drug-likeness (QED) is 0.745. The maximum atomic E-state index is 5.77. The summed E-state index contributed by atoms with van der Waals surface area (Å²) in [5.41, 5.74) is 2.82. The van der Waals surface area contributed by atoms with Crippen LogP contribution >= 0.6 is 0 Å². The number of unbranched alkanes of at least 4 members (excludes halogenated alkanes) is 1. The van der Waals surface area contributed by atoms with E-state index in [0.29, 0.717) is 12.0 Å². The third-order valence-corrected chi connectivity index (χ3v) is 4.70. The molecular formula is C21H27NO. The molecule has 2 aromatic carbocycles. The molecule has 0 aromatic heterocycles. The van der Waals surface area contributed by atoms with Gasteiger partial charge in [-0.1, -0.05) is 55.8 Å². The molecule has 0 amide bonds. The van der Waals surface area contributed by atoms with Gasteiger partial charge in [-0.2, -0.15) is 0 Å². The van der Waals surface area contributed by atoms with Gasteiger partial charge in [-0.3, -0.25) is 0 Å². The van der Waals surface area contributed by atoms with E-state index in [1.807, 2.05) is 0 Å². The van der Waals surface area contributed by atoms with Crippen LogP contribution in [0.5, 0.6) is 5.75 Å². The Morgan fingerprint density at radius 1 is 1.04 bits per heavy atom. The van der Waals surface area contributed by atoms with E-state index in [0.717, 1.165) is 31.7 Å². The topological polar surface area (TPSA) is 21.3 Å². The van der Waals surface area contributed by atoms with Gasteiger partial charge in [-0.05, 0) is 55.0 Å². The minimum Gasteiger partial charge on any atom is -0.494 e. The predicted molar refractivity (Wildman–Crippen MR) is 95.8 cm³/mol. The Hall–Kier alpha value is -1.80. The molecule has 1 saturated heterocycles. The molecule has 0 spiro atoms. The van der Waals surface area contributed by atoms with E-state index in [2.05, 4.69) is 66.8 Å². The molecule has 122 valence electrons. The van der Waals surface area contributed by atoms with E-state index in [1.54, 1.807) is 0 Å². The molecule has 1 aliphatic heterocycles. The predicted octanol–water partition coefficient (Wildman–Crippen LogP) is 4.76. The lowest BCUT2D eigenvalue weighted by Crippen LogP contribution is -2.19. The number of nitrogens with one attached hydrogen (secondary N) is 1. The Kier molecular flexibility index (Phi) is 5.71. The molecule has 1 fully saturated rings. The van der Waals surface area contributed by atoms with E-state index in [-0.39, 0.29) is 0 Å². The third-order valence-electron chi connectivity index (χ3n) is 4.70. The molecule has 0 radical (unpaired) electrons. The zero-order valence-corrected chi connectivity index (χ0v) is 14.0. The fourth-order valence-corrected chi connectivity index (χ4v) is 3.39. The Morgan fingerprint density at radius 3 is 2.57 bits per heavy atom. The molecule has 0 bridgehead atoms. The van der Waals surface area contributed by atoms with Crippen molar-refractivity contribution in [1.82, 2.24) is 5.32 Å². The monoisotopic (exact) mass is 309 g/mol. The van der Waals surface area contributed by atoms with Crippen molar-refractivity contribution < 1.29 is 4.74 Å². The molecule has 2 unspecified atom stereocenters. The van der Waals surface area contributed by atoms with Crippen molar-refractivity contribution in [3.8, 4) is 5.75 Å². The van der Waals surface area contributed by atoms with E-state index < -0.39 is 0 Å². The molecule has 0 aliphatic carbocycles. The van der Waals surface area contributed by atoms with Crippen LogP contribution in [0, 0.1) is 5.92 Å². The third kappa shape index (κ3) is 4.35. The van der Waals surface area contributed by atoms with Crippen molar-refractivity contribution in [2.45, 2.75) is 38.6 Å². The van der Waals surface area contributed by atoms with Crippen LogP contribution in [-0.4, -0.2) is 13.2 Å². The number of benzene rings is 2. The lowest BCUT2D eigenvalue weighted by atomic mass is 9.88. The number of ether oxygens (including phenoxy) is 1. The van der Waals surface area contributed by atoms with Crippen LogP contribution in [-0.2, 0) is 6.42 Å². The minimum absolute atomic E-state index is 0.458. The van der Waals surface area contributed by atoms with Gasteiger partial charge in [0.1, 0.15) is 5.75 Å². The van der Waals surface area contributed by atoms with Crippen molar-refractivity contribution in [3.05, 3.63) is 65.7 Å². The summed E-state index contributed by atoms with van der Waals surface area (Å²) in [5.74, 6) is 1.66. The van der Waals surface area contributed by atoms with Gasteiger partial charge in [-0.25, -0.2) is 0 Å². The molecule has 23 heavy (non-hydrogen) atoms. The van der Waals surface area contributed by atoms with Gasteiger partial charge in [0.2, 0.25) is 0 Å². The summed E-state index contributed by atoms with van der Waals surface area (Å²) in [6.07, 6.45) is 4.68. The summed E-state index contributed by atoms with van der Waals surface area (Å²) in [7, 11) is 0. The van der Waals surface area contributed by atoms with Crippen LogP contribution in [0.3, 0.4) is 0 Å². The summed E-state index contributed by atoms with van der Waals surface area (Å²) in [5, 5.41) is 3.67. The summed E-state index contributed by atoms with van der Waals surface area (Å²) >= 11 is 0. The van der Waals surface area contributed by atoms with Crippen LogP contribution in [0.2, 0.25) is 0 Å². The molecule has 3 rings (SSSR count). The number of hydrogen-bond acceptors (Lipinski definition) is 2. The number of rotatable bonds is 7. The lowest BCUT2D eigenvalue weighted by molar-refractivity contribution is 0.309. The summed E-state index contributed by atoms with van der Waals surface area (Å²) in [4.78, 5) is 0. The van der Waals surface area contributed by atoms with Crippen molar-refractivity contribution in [2.75, 3.05) is 13.2 Å². The van der Waals surface area contributed by atoms with Crippen LogP contribution in [0.4, 0.5) is 0 Å². The fraction of sp³-hybridized carbons (Fsp3) is 0.429. The fourth-order valence-electron chi connectivity index (χ4n) is 3.39. The summed E-state index contributed by atoms with van der Waals surface area (Å²) in [6.45, 7) is 4.11. The molecular weight excluding hydrogens is 282 g/mol. The summed E-state index contributed by atoms with van der Waals surface area (Å²) in [6, 6.07) is 20.0. The van der Waals surface area contributed by atoms with Gasteiger partial charge in [-0.15, -0.1) is 0 Å². The van der Waals surface area contributed by atoms with Gasteiger partial charge in [0.25, 0.3) is 0 Å². The van der Waals surface area contributed by atoms with Crippen LogP contribution in [0.1, 0.15) is 43.4 Å². The molecule has 1 aliphatic rings. The molecule has 2 nitrogen and oxygen atoms in total. The van der Waals surface area contributed by atoms with Gasteiger partial charge >= 0.3 is 0 Å². The molecule has 1 heterocycles. The van der Waals surface area contributed by atoms with Gasteiger partial charge in [0, 0.05) is 6.04 Å². The largest absolute Gasteiger partial charge is 0.494 e. The molecule has 0 saturated carbocycles. The first-order valence-electron chi connectivity index (χ1n) is 8.87. The van der Waals surface area contributed by atoms with Gasteiger partial charge in [0.05, 0.1) is 6.61 Å². The Balaban J connectivity index is 1.63. The van der Waals surface area contributed by atoms with Crippen LogP contribution in [0.25, 0.3) is 0 Å². The smallest absolute Gasteiger partial charge is 0.119 e. The van der Waals surface area contributed by atoms with Crippen molar-refractivity contribution in [1.29, 1.82) is 0 Å². The van der Waals surface area contributed by atoms with E-state index >= 15 is 0 Å². The SMILES string of the molecule is CCCCOc1ccc(C2NCCC2Cc2ccccc2)cc1. The van der Waals surface area contributed by atoms with Crippen molar-refractivity contribution in [2.24, 2.45) is 5.92 Å². The molecule has 2 aromatic rings. The van der Waals surface area contributed by atoms with Gasteiger partial charge in [0.15, 0.2) is 0 Å². The Labute approximate surface area is 139 Å². The standard InChI is InChI=1S/C21H27NO/c1-2-3-15-23-20-11-9-18(10-12-20)21-19(13-14-22-21)16-17-7-5-4-6-8-17/h4-12,19,21-22H,2-3,13-16H2,1H3. The van der Waals surface area contributed by atoms with E-state index in [9.17, 15) is 0 Å². The highest BCUT2D eigenvalue weighted by Crippen LogP contribution is 2.33. The second kappa shape index (κ2) is 8.16. The average molecular weight is 309 g/mol. The maximum Gasteiger partial charge on any atom is 0.119 e. The zero-order valence-electron chi connectivity index (χ0n) is 14.0. The maximum absolute atomic E-state index is 5.77. The highest BCUT2D eigenvalue weighted by atomic mass is 16.5. The summed E-state index contributed by atoms with van der Waals surface area (Å²) < 4.78 is 5.77. The van der Waals surface area contributed by atoms with Gasteiger partial charge < -0.3 is 10.1 Å². The van der Waals surface area contributed by atoms with Crippen molar-refractivity contribution in [3.63, 3.8) is 0 Å². The average Bonchev–Trinajstić information content (AvgIpc) is 3.05. The van der Waals surface area contributed by atoms with E-state index in [4.69, 9.17) is 4.74 Å². The Bertz CT molecular complexity index is 579. The first kappa shape index (κ1) is 16.1.